The molecule has 1 fully saturated rings. The summed E-state index contributed by atoms with van der Waals surface area (Å²) in [7, 11) is 0. The first-order valence-electron chi connectivity index (χ1n) is 9.17. The second kappa shape index (κ2) is 6.52. The van der Waals surface area contributed by atoms with Crippen LogP contribution in [0.15, 0.2) is 24.3 Å². The monoisotopic (exact) mass is 346 g/mol. The molecule has 5 nitrogen and oxygen atoms in total. The quantitative estimate of drug-likeness (QED) is 0.826. The normalized spacial score (nSPS) is 22.2. The van der Waals surface area contributed by atoms with Gasteiger partial charge in [0.25, 0.3) is 0 Å². The van der Waals surface area contributed by atoms with Crippen molar-refractivity contribution in [3.8, 4) is 0 Å². The van der Waals surface area contributed by atoms with E-state index in [1.165, 1.54) is 5.56 Å². The lowest BCUT2D eigenvalue weighted by Crippen LogP contribution is -2.43. The number of para-hydroxylation sites is 1. The topological polar surface area (TPSA) is 42.0 Å². The van der Waals surface area contributed by atoms with Crippen molar-refractivity contribution in [2.75, 3.05) is 24.8 Å². The van der Waals surface area contributed by atoms with Gasteiger partial charge in [-0.05, 0) is 45.2 Å². The lowest BCUT2D eigenvalue weighted by Gasteiger charge is -2.30. The van der Waals surface area contributed by atoms with Crippen molar-refractivity contribution in [2.45, 2.75) is 64.5 Å². The molecule has 25 heavy (non-hydrogen) atoms. The number of ether oxygens (including phenoxy) is 1. The van der Waals surface area contributed by atoms with Crippen LogP contribution in [-0.4, -0.2) is 42.3 Å². The maximum atomic E-state index is 12.4. The summed E-state index contributed by atoms with van der Waals surface area (Å²) in [6.45, 7) is 12.2. The lowest BCUT2D eigenvalue weighted by molar-refractivity contribution is 0.00737. The molecule has 5 heteroatoms. The zero-order valence-electron chi connectivity index (χ0n) is 16.0. The molecular weight excluding hydrogens is 316 g/mol. The Morgan fingerprint density at radius 1 is 1.28 bits per heavy atom. The Kier molecular flexibility index (Phi) is 4.71. The predicted molar refractivity (Wildman–Crippen MR) is 98.7 cm³/mol. The van der Waals surface area contributed by atoms with Gasteiger partial charge in [-0.2, -0.15) is 0 Å². The van der Waals surface area contributed by atoms with E-state index in [1.807, 2.05) is 36.8 Å². The van der Waals surface area contributed by atoms with Gasteiger partial charge in [-0.1, -0.05) is 32.0 Å². The first-order chi connectivity index (χ1) is 11.7. The molecule has 0 aliphatic carbocycles. The van der Waals surface area contributed by atoms with Gasteiger partial charge in [0.2, 0.25) is 0 Å². The fourth-order valence-electron chi connectivity index (χ4n) is 3.65. The van der Waals surface area contributed by atoms with Crippen LogP contribution < -0.4 is 5.06 Å². The maximum Gasteiger partial charge on any atom is 0.410 e. The SMILES string of the molecule is CC(C)(C)OC(=O)N1CCCC1CON1CC(C)(C)c2ccccc21. The number of hydrogen-bond donors (Lipinski definition) is 0. The molecule has 0 N–H and O–H groups in total. The van der Waals surface area contributed by atoms with E-state index in [2.05, 4.69) is 32.0 Å². The average molecular weight is 346 g/mol. The third kappa shape index (κ3) is 3.92. The minimum absolute atomic E-state index is 0.0666. The third-order valence-corrected chi connectivity index (χ3v) is 4.87. The van der Waals surface area contributed by atoms with E-state index < -0.39 is 5.60 Å². The number of carbonyl (C=O) groups excluding carboxylic acids is 1. The van der Waals surface area contributed by atoms with Gasteiger partial charge in [0, 0.05) is 12.0 Å². The van der Waals surface area contributed by atoms with Crippen LogP contribution in [0.4, 0.5) is 10.5 Å². The summed E-state index contributed by atoms with van der Waals surface area (Å²) in [6.07, 6.45) is 1.72. The largest absolute Gasteiger partial charge is 0.444 e. The Balaban J connectivity index is 1.63. The standard InChI is InChI=1S/C20H30N2O3/c1-19(2,3)25-18(23)21-12-8-9-15(21)13-24-22-14-20(4,5)16-10-6-7-11-17(16)22/h6-7,10-11,15H,8-9,12-14H2,1-5H3. The molecule has 0 spiro atoms. The summed E-state index contributed by atoms with van der Waals surface area (Å²) >= 11 is 0. The predicted octanol–water partition coefficient (Wildman–Crippen LogP) is 4.12. The van der Waals surface area contributed by atoms with Crippen molar-refractivity contribution in [3.63, 3.8) is 0 Å². The second-order valence-electron chi connectivity index (χ2n) is 8.70. The van der Waals surface area contributed by atoms with Gasteiger partial charge in [-0.25, -0.2) is 4.79 Å². The molecule has 2 aliphatic heterocycles. The second-order valence-corrected chi connectivity index (χ2v) is 8.70. The number of hydrogen-bond acceptors (Lipinski definition) is 4. The van der Waals surface area contributed by atoms with Crippen LogP contribution >= 0.6 is 0 Å². The molecule has 0 saturated carbocycles. The van der Waals surface area contributed by atoms with Crippen LogP contribution in [0.3, 0.4) is 0 Å². The summed E-state index contributed by atoms with van der Waals surface area (Å²) < 4.78 is 5.53. The molecule has 1 aromatic carbocycles. The van der Waals surface area contributed by atoms with Crippen LogP contribution in [0, 0.1) is 0 Å². The fraction of sp³-hybridized carbons (Fsp3) is 0.650. The number of hydroxylamine groups is 1. The number of nitrogens with zero attached hydrogens (tertiary/aromatic N) is 2. The molecule has 1 unspecified atom stereocenters. The molecule has 2 aliphatic rings. The van der Waals surface area contributed by atoms with Gasteiger partial charge in [0.05, 0.1) is 24.9 Å². The Bertz CT molecular complexity index is 636. The summed E-state index contributed by atoms with van der Waals surface area (Å²) in [5, 5.41) is 1.99. The lowest BCUT2D eigenvalue weighted by atomic mass is 9.87. The summed E-state index contributed by atoms with van der Waals surface area (Å²) in [4.78, 5) is 20.4. The van der Waals surface area contributed by atoms with E-state index in [4.69, 9.17) is 9.57 Å². The molecule has 0 bridgehead atoms. The van der Waals surface area contributed by atoms with Crippen molar-refractivity contribution in [1.29, 1.82) is 0 Å². The highest BCUT2D eigenvalue weighted by atomic mass is 16.7. The molecule has 1 aromatic rings. The van der Waals surface area contributed by atoms with Crippen molar-refractivity contribution in [3.05, 3.63) is 29.8 Å². The number of benzene rings is 1. The minimum atomic E-state index is -0.469. The van der Waals surface area contributed by atoms with Gasteiger partial charge in [0.15, 0.2) is 0 Å². The number of likely N-dealkylation sites (tertiary alicyclic amines) is 1. The number of anilines is 1. The summed E-state index contributed by atoms with van der Waals surface area (Å²) in [5.74, 6) is 0. The Hall–Kier alpha value is -1.75. The first kappa shape index (κ1) is 18.1. The van der Waals surface area contributed by atoms with Crippen molar-refractivity contribution >= 4 is 11.8 Å². The molecule has 0 aromatic heterocycles. The van der Waals surface area contributed by atoms with Crippen molar-refractivity contribution in [2.24, 2.45) is 0 Å². The molecule has 1 saturated heterocycles. The Labute approximate surface area is 150 Å². The highest BCUT2D eigenvalue weighted by molar-refractivity contribution is 5.69. The van der Waals surface area contributed by atoms with Gasteiger partial charge in [-0.3, -0.25) is 9.90 Å². The Morgan fingerprint density at radius 2 is 2.00 bits per heavy atom. The van der Waals surface area contributed by atoms with Crippen molar-refractivity contribution in [1.82, 2.24) is 4.90 Å². The van der Waals surface area contributed by atoms with E-state index in [9.17, 15) is 4.79 Å². The highest BCUT2D eigenvalue weighted by Crippen LogP contribution is 2.40. The van der Waals surface area contributed by atoms with Crippen molar-refractivity contribution < 1.29 is 14.4 Å². The highest BCUT2D eigenvalue weighted by Gasteiger charge is 2.37. The third-order valence-electron chi connectivity index (χ3n) is 4.87. The molecule has 2 heterocycles. The minimum Gasteiger partial charge on any atom is -0.444 e. The molecular formula is C20H30N2O3. The van der Waals surface area contributed by atoms with Gasteiger partial charge in [-0.15, -0.1) is 0 Å². The molecule has 3 rings (SSSR count). The smallest absolute Gasteiger partial charge is 0.410 e. The fourth-order valence-corrected chi connectivity index (χ4v) is 3.65. The van der Waals surface area contributed by atoms with E-state index in [-0.39, 0.29) is 17.6 Å². The number of rotatable bonds is 3. The zero-order valence-corrected chi connectivity index (χ0v) is 16.0. The molecule has 1 amide bonds. The molecule has 0 radical (unpaired) electrons. The van der Waals surface area contributed by atoms with Crippen LogP contribution in [0.25, 0.3) is 0 Å². The number of fused-ring (bicyclic) bond motifs is 1. The van der Waals surface area contributed by atoms with E-state index in [0.29, 0.717) is 6.61 Å². The first-order valence-corrected chi connectivity index (χ1v) is 9.17. The Morgan fingerprint density at radius 3 is 2.72 bits per heavy atom. The van der Waals surface area contributed by atoms with Gasteiger partial charge in [0.1, 0.15) is 5.60 Å². The maximum absolute atomic E-state index is 12.4. The number of carbonyl (C=O) groups is 1. The summed E-state index contributed by atoms with van der Waals surface area (Å²) in [5.41, 5.74) is 2.04. The average Bonchev–Trinajstić information content (AvgIpc) is 3.07. The molecule has 138 valence electrons. The number of amides is 1. The molecule has 1 atom stereocenters. The van der Waals surface area contributed by atoms with Gasteiger partial charge < -0.3 is 9.64 Å². The van der Waals surface area contributed by atoms with Crippen LogP contribution in [0.2, 0.25) is 0 Å². The van der Waals surface area contributed by atoms with Crippen LogP contribution in [-0.2, 0) is 15.0 Å². The summed E-state index contributed by atoms with van der Waals surface area (Å²) in [6, 6.07) is 8.46. The van der Waals surface area contributed by atoms with E-state index >= 15 is 0 Å². The zero-order chi connectivity index (χ0) is 18.2. The van der Waals surface area contributed by atoms with Gasteiger partial charge >= 0.3 is 6.09 Å². The van der Waals surface area contributed by atoms with Crippen LogP contribution in [0.1, 0.15) is 53.0 Å². The van der Waals surface area contributed by atoms with E-state index in [0.717, 1.165) is 31.6 Å². The van der Waals surface area contributed by atoms with Crippen LogP contribution in [0.5, 0.6) is 0 Å². The van der Waals surface area contributed by atoms with E-state index in [1.54, 1.807) is 0 Å².